The van der Waals surface area contributed by atoms with Gasteiger partial charge in [-0.2, -0.15) is 13.2 Å². The van der Waals surface area contributed by atoms with Gasteiger partial charge in [-0.15, -0.1) is 0 Å². The van der Waals surface area contributed by atoms with Crippen molar-refractivity contribution in [1.82, 2.24) is 0 Å². The van der Waals surface area contributed by atoms with Crippen LogP contribution in [0.4, 0.5) is 13.2 Å². The number of esters is 2. The summed E-state index contributed by atoms with van der Waals surface area (Å²) < 4.78 is 39.3. The van der Waals surface area contributed by atoms with Crippen LogP contribution in [0.25, 0.3) is 0 Å². The lowest BCUT2D eigenvalue weighted by Gasteiger charge is -2.23. The van der Waals surface area contributed by atoms with E-state index in [-0.39, 0.29) is 6.42 Å². The van der Waals surface area contributed by atoms with Crippen molar-refractivity contribution in [2.75, 3.05) is 27.7 Å². The van der Waals surface area contributed by atoms with Crippen LogP contribution in [-0.4, -0.2) is 50.3 Å². The van der Waals surface area contributed by atoms with Gasteiger partial charge in [0.25, 0.3) is 0 Å². The lowest BCUT2D eigenvalue weighted by atomic mass is 10.3. The maximum Gasteiger partial charge on any atom is 0.491 e. The SMILES string of the molecule is C[N+](C)(C)CCCC(=O)OC(=O)C(F)(F)F. The fraction of sp³-hybridized carbons (Fsp3) is 0.778. The monoisotopic (exact) mass is 242 g/mol. The van der Waals surface area contributed by atoms with Gasteiger partial charge in [0, 0.05) is 6.42 Å². The van der Waals surface area contributed by atoms with Crippen molar-refractivity contribution >= 4 is 11.9 Å². The van der Waals surface area contributed by atoms with Crippen molar-refractivity contribution in [2.45, 2.75) is 19.0 Å². The molecule has 0 rings (SSSR count). The minimum Gasteiger partial charge on any atom is -0.386 e. The summed E-state index contributed by atoms with van der Waals surface area (Å²) in [5, 5.41) is 0. The van der Waals surface area contributed by atoms with Gasteiger partial charge in [-0.25, -0.2) is 4.79 Å². The van der Waals surface area contributed by atoms with Crippen molar-refractivity contribution in [1.29, 1.82) is 0 Å². The van der Waals surface area contributed by atoms with Gasteiger partial charge in [-0.05, 0) is 0 Å². The van der Waals surface area contributed by atoms with E-state index in [1.807, 2.05) is 21.1 Å². The van der Waals surface area contributed by atoms with Crippen LogP contribution in [0.5, 0.6) is 0 Å². The normalized spacial score (nSPS) is 12.4. The zero-order valence-electron chi connectivity index (χ0n) is 9.43. The Balaban J connectivity index is 3.89. The number of ether oxygens (including phenoxy) is 1. The topological polar surface area (TPSA) is 43.4 Å². The zero-order valence-corrected chi connectivity index (χ0v) is 9.43. The Bertz CT molecular complexity index is 268. The van der Waals surface area contributed by atoms with Gasteiger partial charge in [0.2, 0.25) is 0 Å². The van der Waals surface area contributed by atoms with E-state index >= 15 is 0 Å². The number of hydrogen-bond acceptors (Lipinski definition) is 3. The molecular formula is C9H15F3NO3+. The van der Waals surface area contributed by atoms with Gasteiger partial charge in [0.1, 0.15) is 0 Å². The Morgan fingerprint density at radius 1 is 1.19 bits per heavy atom. The van der Waals surface area contributed by atoms with Gasteiger partial charge >= 0.3 is 18.1 Å². The third-order valence-electron chi connectivity index (χ3n) is 1.65. The fourth-order valence-corrected chi connectivity index (χ4v) is 0.910. The van der Waals surface area contributed by atoms with Gasteiger partial charge in [-0.3, -0.25) is 4.79 Å². The molecule has 0 amide bonds. The summed E-state index contributed by atoms with van der Waals surface area (Å²) in [5.41, 5.74) is 0. The average Bonchev–Trinajstić information content (AvgIpc) is 1.99. The molecule has 94 valence electrons. The Kier molecular flexibility index (Phi) is 4.92. The first-order chi connectivity index (χ1) is 7.02. The predicted molar refractivity (Wildman–Crippen MR) is 49.3 cm³/mol. The second-order valence-electron chi connectivity index (χ2n) is 4.38. The minimum absolute atomic E-state index is 0.197. The molecule has 7 heteroatoms. The highest BCUT2D eigenvalue weighted by atomic mass is 19.4. The quantitative estimate of drug-likeness (QED) is 0.421. The van der Waals surface area contributed by atoms with Crippen LogP contribution < -0.4 is 0 Å². The standard InChI is InChI=1S/C9H15F3NO3/c1-13(2,3)6-4-5-7(14)16-8(15)9(10,11)12/h4-6H2,1-3H3/q+1. The second-order valence-corrected chi connectivity index (χ2v) is 4.38. The number of hydrogen-bond donors (Lipinski definition) is 0. The summed E-state index contributed by atoms with van der Waals surface area (Å²) >= 11 is 0. The second kappa shape index (κ2) is 5.29. The molecule has 0 spiro atoms. The molecular weight excluding hydrogens is 227 g/mol. The van der Waals surface area contributed by atoms with Crippen molar-refractivity contribution < 1.29 is 32.0 Å². The summed E-state index contributed by atoms with van der Waals surface area (Å²) in [7, 11) is 5.64. The lowest BCUT2D eigenvalue weighted by molar-refractivity contribution is -0.870. The van der Waals surface area contributed by atoms with E-state index in [1.165, 1.54) is 0 Å². The fourth-order valence-electron chi connectivity index (χ4n) is 0.910. The average molecular weight is 242 g/mol. The number of carbonyl (C=O) groups is 2. The number of carbonyl (C=O) groups excluding carboxylic acids is 2. The van der Waals surface area contributed by atoms with Crippen LogP contribution in [-0.2, 0) is 14.3 Å². The molecule has 0 aliphatic rings. The van der Waals surface area contributed by atoms with Crippen molar-refractivity contribution in [3.8, 4) is 0 Å². The van der Waals surface area contributed by atoms with Crippen molar-refractivity contribution in [3.05, 3.63) is 0 Å². The molecule has 0 aromatic heterocycles. The zero-order chi connectivity index (χ0) is 13.0. The number of nitrogens with zero attached hydrogens (tertiary/aromatic N) is 1. The summed E-state index contributed by atoms with van der Waals surface area (Å²) in [6, 6.07) is 0. The first kappa shape index (κ1) is 14.9. The van der Waals surface area contributed by atoms with E-state index in [0.717, 1.165) is 0 Å². The molecule has 0 saturated carbocycles. The lowest BCUT2D eigenvalue weighted by Crippen LogP contribution is -2.35. The highest BCUT2D eigenvalue weighted by molar-refractivity contribution is 5.88. The smallest absolute Gasteiger partial charge is 0.386 e. The van der Waals surface area contributed by atoms with E-state index < -0.39 is 18.1 Å². The molecule has 0 atom stereocenters. The van der Waals surface area contributed by atoms with Crippen molar-refractivity contribution in [3.63, 3.8) is 0 Å². The van der Waals surface area contributed by atoms with E-state index in [9.17, 15) is 22.8 Å². The molecule has 0 aliphatic heterocycles. The van der Waals surface area contributed by atoms with Gasteiger partial charge in [0.05, 0.1) is 34.1 Å². The van der Waals surface area contributed by atoms with Crippen LogP contribution in [0.1, 0.15) is 12.8 Å². The molecule has 4 nitrogen and oxygen atoms in total. The number of rotatable bonds is 4. The largest absolute Gasteiger partial charge is 0.491 e. The molecule has 0 N–H and O–H groups in total. The summed E-state index contributed by atoms with van der Waals surface area (Å²) in [6.07, 6.45) is -4.94. The third-order valence-corrected chi connectivity index (χ3v) is 1.65. The third kappa shape index (κ3) is 7.22. The molecule has 0 saturated heterocycles. The van der Waals surface area contributed by atoms with Gasteiger partial charge < -0.3 is 9.22 Å². The maximum absolute atomic E-state index is 11.7. The number of halogens is 3. The van der Waals surface area contributed by atoms with Crippen LogP contribution in [0.2, 0.25) is 0 Å². The number of quaternary nitrogens is 1. The molecule has 0 bridgehead atoms. The summed E-state index contributed by atoms with van der Waals surface area (Å²) in [4.78, 5) is 21.1. The minimum atomic E-state index is -5.12. The Morgan fingerprint density at radius 3 is 2.06 bits per heavy atom. The van der Waals surface area contributed by atoms with E-state index in [0.29, 0.717) is 17.4 Å². The van der Waals surface area contributed by atoms with E-state index in [2.05, 4.69) is 4.74 Å². The first-order valence-corrected chi connectivity index (χ1v) is 4.64. The molecule has 0 radical (unpaired) electrons. The molecule has 0 unspecified atom stereocenters. The van der Waals surface area contributed by atoms with Crippen LogP contribution >= 0.6 is 0 Å². The Hall–Kier alpha value is -1.11. The Labute approximate surface area is 91.6 Å². The van der Waals surface area contributed by atoms with Crippen LogP contribution in [0, 0.1) is 0 Å². The molecule has 0 fully saturated rings. The highest BCUT2D eigenvalue weighted by Crippen LogP contribution is 2.16. The Morgan fingerprint density at radius 2 is 1.69 bits per heavy atom. The predicted octanol–water partition coefficient (Wildman–Crippen LogP) is 1.10. The maximum atomic E-state index is 11.7. The van der Waals surface area contributed by atoms with Crippen LogP contribution in [0.15, 0.2) is 0 Å². The molecule has 0 aromatic rings. The number of alkyl halides is 3. The van der Waals surface area contributed by atoms with Crippen LogP contribution in [0.3, 0.4) is 0 Å². The van der Waals surface area contributed by atoms with E-state index in [4.69, 9.17) is 0 Å². The molecule has 0 aromatic carbocycles. The summed E-state index contributed by atoms with van der Waals surface area (Å²) in [5.74, 6) is -3.60. The first-order valence-electron chi connectivity index (χ1n) is 4.64. The summed E-state index contributed by atoms with van der Waals surface area (Å²) in [6.45, 7) is 0.606. The molecule has 0 heterocycles. The highest BCUT2D eigenvalue weighted by Gasteiger charge is 2.42. The van der Waals surface area contributed by atoms with Gasteiger partial charge in [0.15, 0.2) is 0 Å². The van der Waals surface area contributed by atoms with E-state index in [1.54, 1.807) is 0 Å². The van der Waals surface area contributed by atoms with Gasteiger partial charge in [-0.1, -0.05) is 0 Å². The molecule has 16 heavy (non-hydrogen) atoms. The molecule has 0 aliphatic carbocycles. The van der Waals surface area contributed by atoms with Crippen molar-refractivity contribution in [2.24, 2.45) is 0 Å².